The highest BCUT2D eigenvalue weighted by Gasteiger charge is 2.23. The Morgan fingerprint density at radius 1 is 1.50 bits per heavy atom. The molecule has 0 aliphatic carbocycles. The Hall–Kier alpha value is -0.280. The average molecular weight is 219 g/mol. The van der Waals surface area contributed by atoms with E-state index < -0.39 is 0 Å². The van der Waals surface area contributed by atoms with Gasteiger partial charge in [0.15, 0.2) is 0 Å². The zero-order chi connectivity index (χ0) is 10.6. The normalized spacial score (nSPS) is 23.9. The van der Waals surface area contributed by atoms with Gasteiger partial charge in [-0.2, -0.15) is 0 Å². The van der Waals surface area contributed by atoms with E-state index >= 15 is 0 Å². The maximum atomic E-state index is 11.7. The van der Waals surface area contributed by atoms with Gasteiger partial charge in [0.05, 0.1) is 0 Å². The first-order valence-electron chi connectivity index (χ1n) is 5.19. The van der Waals surface area contributed by atoms with Crippen LogP contribution in [0.2, 0.25) is 0 Å². The molecule has 0 radical (unpaired) electrons. The van der Waals surface area contributed by atoms with Crippen LogP contribution in [0.4, 0.5) is 0 Å². The molecule has 1 fully saturated rings. The summed E-state index contributed by atoms with van der Waals surface area (Å²) in [6, 6.07) is 0.476. The highest BCUT2D eigenvalue weighted by Crippen LogP contribution is 2.09. The molecule has 0 aromatic carbocycles. The van der Waals surface area contributed by atoms with Gasteiger partial charge in [0.25, 0.3) is 0 Å². The first-order valence-corrected chi connectivity index (χ1v) is 5.72. The molecule has 0 aromatic heterocycles. The van der Waals surface area contributed by atoms with Gasteiger partial charge in [-0.05, 0) is 20.4 Å². The van der Waals surface area contributed by atoms with Crippen LogP contribution in [0.3, 0.4) is 0 Å². The minimum Gasteiger partial charge on any atom is -0.340 e. The predicted octanol–water partition coefficient (Wildman–Crippen LogP) is 1.17. The quantitative estimate of drug-likeness (QED) is 0.664. The molecule has 14 heavy (non-hydrogen) atoms. The summed E-state index contributed by atoms with van der Waals surface area (Å²) >= 11 is 5.56. The third kappa shape index (κ3) is 3.14. The van der Waals surface area contributed by atoms with Crippen molar-refractivity contribution in [3.05, 3.63) is 0 Å². The maximum absolute atomic E-state index is 11.7. The SMILES string of the molecule is CC1CN(C(=O)CCCCl)CCN1C. The van der Waals surface area contributed by atoms with Gasteiger partial charge in [-0.1, -0.05) is 0 Å². The summed E-state index contributed by atoms with van der Waals surface area (Å²) < 4.78 is 0. The number of carbonyl (C=O) groups is 1. The molecular formula is C10H19ClN2O. The van der Waals surface area contributed by atoms with Gasteiger partial charge in [-0.3, -0.25) is 4.79 Å². The van der Waals surface area contributed by atoms with Crippen molar-refractivity contribution in [2.24, 2.45) is 0 Å². The minimum absolute atomic E-state index is 0.255. The molecule has 82 valence electrons. The van der Waals surface area contributed by atoms with Crippen molar-refractivity contribution in [3.63, 3.8) is 0 Å². The Labute approximate surface area is 91.0 Å². The van der Waals surface area contributed by atoms with E-state index in [9.17, 15) is 4.79 Å². The smallest absolute Gasteiger partial charge is 0.222 e. The molecule has 0 saturated carbocycles. The molecular weight excluding hydrogens is 200 g/mol. The van der Waals surface area contributed by atoms with Crippen molar-refractivity contribution in [1.82, 2.24) is 9.80 Å². The molecule has 4 heteroatoms. The fourth-order valence-electron chi connectivity index (χ4n) is 1.65. The summed E-state index contributed by atoms with van der Waals surface area (Å²) in [4.78, 5) is 15.9. The van der Waals surface area contributed by atoms with Crippen LogP contribution in [0.15, 0.2) is 0 Å². The average Bonchev–Trinajstić information content (AvgIpc) is 2.18. The van der Waals surface area contributed by atoms with Crippen LogP contribution in [0.25, 0.3) is 0 Å². The lowest BCUT2D eigenvalue weighted by molar-refractivity contribution is -0.133. The van der Waals surface area contributed by atoms with Crippen molar-refractivity contribution in [2.75, 3.05) is 32.6 Å². The predicted molar refractivity (Wildman–Crippen MR) is 58.6 cm³/mol. The van der Waals surface area contributed by atoms with E-state index in [1.54, 1.807) is 0 Å². The summed E-state index contributed by atoms with van der Waals surface area (Å²) in [5, 5.41) is 0. The molecule has 0 spiro atoms. The van der Waals surface area contributed by atoms with Crippen LogP contribution in [-0.2, 0) is 4.79 Å². The standard InChI is InChI=1S/C10H19ClN2O/c1-9-8-13(7-6-12(9)2)10(14)4-3-5-11/h9H,3-8H2,1-2H3. The lowest BCUT2D eigenvalue weighted by atomic mass is 10.2. The van der Waals surface area contributed by atoms with Gasteiger partial charge in [-0.15, -0.1) is 11.6 Å². The van der Waals surface area contributed by atoms with Crippen molar-refractivity contribution >= 4 is 17.5 Å². The second-order valence-corrected chi connectivity index (χ2v) is 4.34. The van der Waals surface area contributed by atoms with E-state index in [2.05, 4.69) is 18.9 Å². The molecule has 1 atom stereocenters. The largest absolute Gasteiger partial charge is 0.340 e. The van der Waals surface area contributed by atoms with E-state index in [0.717, 1.165) is 26.1 Å². The van der Waals surface area contributed by atoms with Crippen LogP contribution in [0, 0.1) is 0 Å². The van der Waals surface area contributed by atoms with Crippen LogP contribution < -0.4 is 0 Å². The van der Waals surface area contributed by atoms with Gasteiger partial charge in [-0.25, -0.2) is 0 Å². The zero-order valence-electron chi connectivity index (χ0n) is 9.00. The lowest BCUT2D eigenvalue weighted by Gasteiger charge is -2.37. The number of piperazine rings is 1. The fraction of sp³-hybridized carbons (Fsp3) is 0.900. The number of likely N-dealkylation sites (N-methyl/N-ethyl adjacent to an activating group) is 1. The summed E-state index contributed by atoms with van der Waals surface area (Å²) in [5.41, 5.74) is 0. The first kappa shape index (κ1) is 11.8. The van der Waals surface area contributed by atoms with Crippen molar-refractivity contribution < 1.29 is 4.79 Å². The number of halogens is 1. The lowest BCUT2D eigenvalue weighted by Crippen LogP contribution is -2.51. The Morgan fingerprint density at radius 3 is 2.79 bits per heavy atom. The van der Waals surface area contributed by atoms with Crippen LogP contribution >= 0.6 is 11.6 Å². The number of amides is 1. The van der Waals surface area contributed by atoms with Gasteiger partial charge < -0.3 is 9.80 Å². The zero-order valence-corrected chi connectivity index (χ0v) is 9.76. The summed E-state index contributed by atoms with van der Waals surface area (Å²) in [7, 11) is 2.10. The summed E-state index contributed by atoms with van der Waals surface area (Å²) in [6.45, 7) is 4.86. The second-order valence-electron chi connectivity index (χ2n) is 3.96. The first-order chi connectivity index (χ1) is 6.65. The molecule has 0 N–H and O–H groups in total. The van der Waals surface area contributed by atoms with Crippen LogP contribution in [0.1, 0.15) is 19.8 Å². The van der Waals surface area contributed by atoms with Crippen molar-refractivity contribution in [3.8, 4) is 0 Å². The topological polar surface area (TPSA) is 23.6 Å². The van der Waals surface area contributed by atoms with Gasteiger partial charge in [0, 0.05) is 38.0 Å². The Morgan fingerprint density at radius 2 is 2.21 bits per heavy atom. The molecule has 1 aliphatic heterocycles. The molecule has 3 nitrogen and oxygen atoms in total. The van der Waals surface area contributed by atoms with E-state index in [0.29, 0.717) is 18.3 Å². The Kier molecular flexibility index (Phi) is 4.69. The minimum atomic E-state index is 0.255. The molecule has 1 amide bonds. The molecule has 1 aliphatic rings. The molecule has 1 rings (SSSR count). The summed E-state index contributed by atoms with van der Waals surface area (Å²) in [6.07, 6.45) is 1.39. The molecule has 1 saturated heterocycles. The highest BCUT2D eigenvalue weighted by atomic mass is 35.5. The van der Waals surface area contributed by atoms with E-state index in [-0.39, 0.29) is 5.91 Å². The number of alkyl halides is 1. The van der Waals surface area contributed by atoms with Gasteiger partial charge in [0.1, 0.15) is 0 Å². The van der Waals surface area contributed by atoms with Gasteiger partial charge >= 0.3 is 0 Å². The highest BCUT2D eigenvalue weighted by molar-refractivity contribution is 6.17. The molecule has 0 bridgehead atoms. The number of hydrogen-bond donors (Lipinski definition) is 0. The van der Waals surface area contributed by atoms with E-state index in [1.807, 2.05) is 4.90 Å². The Balaban J connectivity index is 2.34. The number of hydrogen-bond acceptors (Lipinski definition) is 2. The third-order valence-corrected chi connectivity index (χ3v) is 3.10. The number of rotatable bonds is 3. The van der Waals surface area contributed by atoms with Gasteiger partial charge in [0.2, 0.25) is 5.91 Å². The van der Waals surface area contributed by atoms with Crippen LogP contribution in [-0.4, -0.2) is 54.3 Å². The van der Waals surface area contributed by atoms with Crippen molar-refractivity contribution in [1.29, 1.82) is 0 Å². The van der Waals surface area contributed by atoms with E-state index in [1.165, 1.54) is 0 Å². The molecule has 1 heterocycles. The van der Waals surface area contributed by atoms with Crippen molar-refractivity contribution in [2.45, 2.75) is 25.8 Å². The maximum Gasteiger partial charge on any atom is 0.222 e. The third-order valence-electron chi connectivity index (χ3n) is 2.84. The second kappa shape index (κ2) is 5.56. The fourth-order valence-corrected chi connectivity index (χ4v) is 1.78. The van der Waals surface area contributed by atoms with Crippen LogP contribution in [0.5, 0.6) is 0 Å². The Bertz CT molecular complexity index is 199. The summed E-state index contributed by atoms with van der Waals surface area (Å²) in [5.74, 6) is 0.834. The monoisotopic (exact) mass is 218 g/mol. The molecule has 0 aromatic rings. The number of carbonyl (C=O) groups excluding carboxylic acids is 1. The van der Waals surface area contributed by atoms with E-state index in [4.69, 9.17) is 11.6 Å². The number of nitrogens with zero attached hydrogens (tertiary/aromatic N) is 2. The molecule has 1 unspecified atom stereocenters.